The maximum absolute atomic E-state index is 12.7. The molecular formula is C23H29N3O3. The van der Waals surface area contributed by atoms with E-state index in [1.807, 2.05) is 18.2 Å². The lowest BCUT2D eigenvalue weighted by Crippen LogP contribution is -2.51. The Morgan fingerprint density at radius 3 is 2.38 bits per heavy atom. The van der Waals surface area contributed by atoms with E-state index in [-0.39, 0.29) is 37.1 Å². The maximum atomic E-state index is 12.7. The lowest BCUT2D eigenvalue weighted by molar-refractivity contribution is -0.127. The Bertz CT molecular complexity index is 814. The van der Waals surface area contributed by atoms with Crippen molar-refractivity contribution in [3.8, 4) is 0 Å². The van der Waals surface area contributed by atoms with Crippen molar-refractivity contribution in [3.63, 3.8) is 0 Å². The molecule has 1 aliphatic heterocycles. The van der Waals surface area contributed by atoms with Gasteiger partial charge in [0.05, 0.1) is 11.4 Å². The van der Waals surface area contributed by atoms with Crippen molar-refractivity contribution >= 4 is 29.1 Å². The topological polar surface area (TPSA) is 78.5 Å². The molecule has 6 nitrogen and oxygen atoms in total. The van der Waals surface area contributed by atoms with E-state index in [1.54, 1.807) is 6.07 Å². The van der Waals surface area contributed by atoms with Crippen LogP contribution in [0.1, 0.15) is 51.4 Å². The Hall–Kier alpha value is -2.37. The average Bonchev–Trinajstić information content (AvgIpc) is 2.69. The van der Waals surface area contributed by atoms with Crippen LogP contribution in [-0.4, -0.2) is 30.8 Å². The highest BCUT2D eigenvalue weighted by Crippen LogP contribution is 2.59. The molecule has 4 fully saturated rings. The van der Waals surface area contributed by atoms with E-state index in [0.717, 1.165) is 24.3 Å². The molecule has 1 aromatic rings. The molecule has 6 rings (SSSR count). The van der Waals surface area contributed by atoms with Crippen molar-refractivity contribution in [1.29, 1.82) is 0 Å². The predicted octanol–water partition coefficient (Wildman–Crippen LogP) is 3.08. The molecule has 154 valence electrons. The highest BCUT2D eigenvalue weighted by molar-refractivity contribution is 6.10. The molecule has 2 N–H and O–H groups in total. The Balaban J connectivity index is 1.15. The Labute approximate surface area is 171 Å². The minimum Gasteiger partial charge on any atom is -0.356 e. The maximum Gasteiger partial charge on any atom is 0.244 e. The third kappa shape index (κ3) is 3.65. The summed E-state index contributed by atoms with van der Waals surface area (Å²) in [5.74, 6) is 2.16. The van der Waals surface area contributed by atoms with Crippen LogP contribution in [0.4, 0.5) is 11.4 Å². The number of nitrogens with one attached hydrogen (secondary N) is 2. The molecule has 1 aromatic carbocycles. The Kier molecular flexibility index (Phi) is 4.60. The van der Waals surface area contributed by atoms with Gasteiger partial charge in [0, 0.05) is 19.4 Å². The number of hydrogen-bond donors (Lipinski definition) is 2. The van der Waals surface area contributed by atoms with Gasteiger partial charge in [0.2, 0.25) is 17.7 Å². The van der Waals surface area contributed by atoms with E-state index >= 15 is 0 Å². The molecular weight excluding hydrogens is 366 g/mol. The first-order valence-corrected chi connectivity index (χ1v) is 11.0. The fourth-order valence-electron chi connectivity index (χ4n) is 6.69. The largest absolute Gasteiger partial charge is 0.356 e. The van der Waals surface area contributed by atoms with Crippen LogP contribution in [0.25, 0.3) is 0 Å². The molecule has 0 spiro atoms. The van der Waals surface area contributed by atoms with Gasteiger partial charge < -0.3 is 15.5 Å². The van der Waals surface area contributed by atoms with Gasteiger partial charge in [-0.05, 0) is 73.8 Å². The number of anilines is 2. The molecule has 5 aliphatic rings. The summed E-state index contributed by atoms with van der Waals surface area (Å²) < 4.78 is 0. The van der Waals surface area contributed by atoms with E-state index in [1.165, 1.54) is 43.4 Å². The van der Waals surface area contributed by atoms with Crippen molar-refractivity contribution in [3.05, 3.63) is 24.3 Å². The second kappa shape index (κ2) is 7.15. The quantitative estimate of drug-likeness (QED) is 0.804. The minimum absolute atomic E-state index is 0.00470. The fourth-order valence-corrected chi connectivity index (χ4v) is 6.69. The van der Waals surface area contributed by atoms with E-state index in [2.05, 4.69) is 10.6 Å². The fraction of sp³-hybridized carbons (Fsp3) is 0.609. The molecule has 4 bridgehead atoms. The van der Waals surface area contributed by atoms with Crippen molar-refractivity contribution in [2.45, 2.75) is 51.4 Å². The number of carbonyl (C=O) groups excluding carboxylic acids is 3. The highest BCUT2D eigenvalue weighted by atomic mass is 16.2. The lowest BCUT2D eigenvalue weighted by atomic mass is 9.49. The van der Waals surface area contributed by atoms with Crippen LogP contribution in [-0.2, 0) is 14.4 Å². The van der Waals surface area contributed by atoms with Gasteiger partial charge in [-0.15, -0.1) is 0 Å². The molecule has 0 radical (unpaired) electrons. The van der Waals surface area contributed by atoms with Crippen LogP contribution in [0, 0.1) is 23.2 Å². The molecule has 3 amide bonds. The second-order valence-corrected chi connectivity index (χ2v) is 9.74. The van der Waals surface area contributed by atoms with Gasteiger partial charge in [0.1, 0.15) is 6.54 Å². The van der Waals surface area contributed by atoms with Crippen LogP contribution in [0.15, 0.2) is 24.3 Å². The number of fused-ring (bicyclic) bond motifs is 1. The van der Waals surface area contributed by atoms with E-state index in [9.17, 15) is 14.4 Å². The van der Waals surface area contributed by atoms with Gasteiger partial charge in [-0.2, -0.15) is 0 Å². The summed E-state index contributed by atoms with van der Waals surface area (Å²) in [6.07, 6.45) is 8.26. The number of benzene rings is 1. The first-order chi connectivity index (χ1) is 14.0. The predicted molar refractivity (Wildman–Crippen MR) is 110 cm³/mol. The zero-order valence-corrected chi connectivity index (χ0v) is 16.8. The van der Waals surface area contributed by atoms with Gasteiger partial charge in [-0.25, -0.2) is 0 Å². The third-order valence-electron chi connectivity index (χ3n) is 7.46. The van der Waals surface area contributed by atoms with Crippen LogP contribution in [0.2, 0.25) is 0 Å². The molecule has 0 saturated heterocycles. The van der Waals surface area contributed by atoms with Crippen LogP contribution in [0.3, 0.4) is 0 Å². The molecule has 0 unspecified atom stereocenters. The SMILES string of the molecule is O=C(CCC(=O)N1CC(=O)Nc2ccccc21)NCC12CC3CC(CC(C3)C1)C2. The van der Waals surface area contributed by atoms with Crippen molar-refractivity contribution in [1.82, 2.24) is 5.32 Å². The number of hydrogen-bond acceptors (Lipinski definition) is 3. The molecule has 4 aliphatic carbocycles. The minimum atomic E-state index is -0.205. The van der Waals surface area contributed by atoms with Gasteiger partial charge in [-0.1, -0.05) is 12.1 Å². The third-order valence-corrected chi connectivity index (χ3v) is 7.46. The molecule has 6 heteroatoms. The van der Waals surface area contributed by atoms with Crippen molar-refractivity contribution in [2.75, 3.05) is 23.3 Å². The first-order valence-electron chi connectivity index (χ1n) is 11.0. The standard InChI is InChI=1S/C23H29N3O3/c27-20(24-14-23-10-15-7-16(11-23)9-17(8-15)12-23)5-6-22(29)26-13-21(28)25-18-3-1-2-4-19(18)26/h1-4,15-17H,5-14H2,(H,24,27)(H,25,28). The van der Waals surface area contributed by atoms with Crippen molar-refractivity contribution in [2.24, 2.45) is 23.2 Å². The van der Waals surface area contributed by atoms with E-state index in [0.29, 0.717) is 16.8 Å². The summed E-state index contributed by atoms with van der Waals surface area (Å²) in [5.41, 5.74) is 1.65. The van der Waals surface area contributed by atoms with Gasteiger partial charge in [0.15, 0.2) is 0 Å². The van der Waals surface area contributed by atoms with Crippen molar-refractivity contribution < 1.29 is 14.4 Å². The van der Waals surface area contributed by atoms with E-state index < -0.39 is 0 Å². The summed E-state index contributed by atoms with van der Waals surface area (Å²) in [5, 5.41) is 5.92. The summed E-state index contributed by atoms with van der Waals surface area (Å²) in [7, 11) is 0. The zero-order valence-electron chi connectivity index (χ0n) is 16.8. The Morgan fingerprint density at radius 1 is 1.03 bits per heavy atom. The van der Waals surface area contributed by atoms with Crippen LogP contribution in [0.5, 0.6) is 0 Å². The molecule has 4 saturated carbocycles. The number of carbonyl (C=O) groups is 3. The summed E-state index contributed by atoms with van der Waals surface area (Å²) in [4.78, 5) is 38.6. The van der Waals surface area contributed by atoms with Gasteiger partial charge in [0.25, 0.3) is 0 Å². The lowest BCUT2D eigenvalue weighted by Gasteiger charge is -2.56. The monoisotopic (exact) mass is 395 g/mol. The van der Waals surface area contributed by atoms with Crippen LogP contribution >= 0.6 is 0 Å². The zero-order chi connectivity index (χ0) is 20.0. The number of nitrogens with zero attached hydrogens (tertiary/aromatic N) is 1. The number of amides is 3. The van der Waals surface area contributed by atoms with Crippen LogP contribution < -0.4 is 15.5 Å². The highest BCUT2D eigenvalue weighted by Gasteiger charge is 2.50. The Morgan fingerprint density at radius 2 is 1.69 bits per heavy atom. The summed E-state index contributed by atoms with van der Waals surface area (Å²) in [6, 6.07) is 7.27. The van der Waals surface area contributed by atoms with E-state index in [4.69, 9.17) is 0 Å². The summed E-state index contributed by atoms with van der Waals surface area (Å²) in [6.45, 7) is 0.767. The second-order valence-electron chi connectivity index (χ2n) is 9.74. The number of rotatable bonds is 5. The average molecular weight is 396 g/mol. The molecule has 1 heterocycles. The molecule has 0 atom stereocenters. The smallest absolute Gasteiger partial charge is 0.244 e. The first kappa shape index (κ1) is 18.6. The molecule has 0 aromatic heterocycles. The normalized spacial score (nSPS) is 31.9. The summed E-state index contributed by atoms with van der Waals surface area (Å²) >= 11 is 0. The van der Waals surface area contributed by atoms with Gasteiger partial charge >= 0.3 is 0 Å². The molecule has 29 heavy (non-hydrogen) atoms. The number of para-hydroxylation sites is 2. The van der Waals surface area contributed by atoms with Gasteiger partial charge in [-0.3, -0.25) is 14.4 Å².